The number of aryl methyl sites for hydroxylation is 1. The molecule has 1 N–H and O–H groups in total. The molecular weight excluding hydrogens is 505 g/mol. The molecule has 0 bridgehead atoms. The minimum absolute atomic E-state index is 0.0462. The first-order chi connectivity index (χ1) is 18.3. The second-order valence-corrected chi connectivity index (χ2v) is 8.37. The van der Waals surface area contributed by atoms with Crippen LogP contribution in [0.25, 0.3) is 27.6 Å². The van der Waals surface area contributed by atoms with Gasteiger partial charge in [0.05, 0.1) is 44.1 Å². The minimum Gasteiger partial charge on any atom is -0.377 e. The van der Waals surface area contributed by atoms with Crippen molar-refractivity contribution in [3.05, 3.63) is 59.8 Å². The van der Waals surface area contributed by atoms with Gasteiger partial charge in [-0.2, -0.15) is 18.3 Å². The maximum atomic E-state index is 13.0. The Labute approximate surface area is 216 Å². The van der Waals surface area contributed by atoms with Crippen LogP contribution in [0.2, 0.25) is 0 Å². The van der Waals surface area contributed by atoms with Crippen molar-refractivity contribution < 1.29 is 37.0 Å². The zero-order valence-corrected chi connectivity index (χ0v) is 20.7. The third kappa shape index (κ3) is 6.39. The summed E-state index contributed by atoms with van der Waals surface area (Å²) in [6, 6.07) is 10.1. The van der Waals surface area contributed by atoms with Crippen molar-refractivity contribution in [3.63, 3.8) is 0 Å². The second-order valence-electron chi connectivity index (χ2n) is 8.37. The number of carbonyl (C=O) groups excluding carboxylic acids is 2. The number of ether oxygens (including phenoxy) is 3. The Kier molecular flexibility index (Phi) is 8.77. The number of aldehydes is 1. The molecule has 0 atom stereocenters. The van der Waals surface area contributed by atoms with Gasteiger partial charge in [0, 0.05) is 41.8 Å². The van der Waals surface area contributed by atoms with E-state index in [-0.39, 0.29) is 12.5 Å². The number of hydrogen-bond donors (Lipinski definition) is 1. The van der Waals surface area contributed by atoms with Gasteiger partial charge in [-0.15, -0.1) is 0 Å². The van der Waals surface area contributed by atoms with E-state index in [1.165, 1.54) is 12.1 Å². The smallest absolute Gasteiger partial charge is 0.377 e. The first-order valence-electron chi connectivity index (χ1n) is 11.9. The summed E-state index contributed by atoms with van der Waals surface area (Å²) in [5.74, 6) is -0.279. The molecule has 2 heterocycles. The van der Waals surface area contributed by atoms with Gasteiger partial charge in [-0.1, -0.05) is 0 Å². The Balaban J connectivity index is 1.40. The topological polar surface area (TPSA) is 96.6 Å². The van der Waals surface area contributed by atoms with Crippen molar-refractivity contribution >= 4 is 34.1 Å². The molecule has 0 saturated carbocycles. The number of halogens is 3. The largest absolute Gasteiger partial charge is 0.416 e. The lowest BCUT2D eigenvalue weighted by Crippen LogP contribution is -2.27. The van der Waals surface area contributed by atoms with Gasteiger partial charge in [0.2, 0.25) is 0 Å². The van der Waals surface area contributed by atoms with Gasteiger partial charge < -0.3 is 24.3 Å². The van der Waals surface area contributed by atoms with Crippen LogP contribution in [0.15, 0.2) is 48.7 Å². The molecule has 0 aliphatic heterocycles. The Hall–Kier alpha value is -3.74. The number of nitrogens with one attached hydrogen (secondary N) is 1. The molecule has 4 aromatic rings. The standard InChI is InChI=1S/C26H27F3N4O5/c1-32-17-22-21-16-18(25(35)30-8-10-36-12-14-38-15-13-37-11-9-34)2-7-23(21)33(24(22)31-32)20-5-3-19(4-6-20)26(27,28)29/h2-7,9,16-17H,8,10-15H2,1H3,(H,30,35). The molecule has 9 nitrogen and oxygen atoms in total. The van der Waals surface area contributed by atoms with Gasteiger partial charge in [0.25, 0.3) is 5.91 Å². The highest BCUT2D eigenvalue weighted by molar-refractivity contribution is 6.10. The fourth-order valence-electron chi connectivity index (χ4n) is 4.00. The SMILES string of the molecule is Cn1cc2c3cc(C(=O)NCCOCCOCCOCC=O)ccc3n(-c3ccc(C(F)(F)F)cc3)c2n1. The molecule has 0 spiro atoms. The van der Waals surface area contributed by atoms with Gasteiger partial charge in [-0.05, 0) is 42.5 Å². The maximum Gasteiger partial charge on any atom is 0.416 e. The monoisotopic (exact) mass is 532 g/mol. The van der Waals surface area contributed by atoms with E-state index in [1.807, 2.05) is 6.20 Å². The van der Waals surface area contributed by atoms with Crippen LogP contribution in [0.4, 0.5) is 13.2 Å². The van der Waals surface area contributed by atoms with Crippen LogP contribution in [0.1, 0.15) is 15.9 Å². The molecule has 38 heavy (non-hydrogen) atoms. The van der Waals surface area contributed by atoms with Crippen molar-refractivity contribution in [1.29, 1.82) is 0 Å². The van der Waals surface area contributed by atoms with Crippen molar-refractivity contribution in [2.24, 2.45) is 7.05 Å². The summed E-state index contributed by atoms with van der Waals surface area (Å²) in [5, 5.41) is 8.83. The van der Waals surface area contributed by atoms with Crippen LogP contribution in [-0.4, -0.2) is 72.7 Å². The van der Waals surface area contributed by atoms with Crippen LogP contribution in [0, 0.1) is 0 Å². The van der Waals surface area contributed by atoms with E-state index in [0.717, 1.165) is 28.4 Å². The zero-order chi connectivity index (χ0) is 27.1. The summed E-state index contributed by atoms with van der Waals surface area (Å²) in [7, 11) is 1.76. The molecule has 12 heteroatoms. The van der Waals surface area contributed by atoms with Crippen LogP contribution in [0.3, 0.4) is 0 Å². The first kappa shape index (κ1) is 27.3. The number of fused-ring (bicyclic) bond motifs is 3. The molecule has 0 aliphatic rings. The van der Waals surface area contributed by atoms with E-state index in [2.05, 4.69) is 10.4 Å². The number of carbonyl (C=O) groups is 2. The van der Waals surface area contributed by atoms with Gasteiger partial charge in [0.15, 0.2) is 5.65 Å². The van der Waals surface area contributed by atoms with Crippen molar-refractivity contribution in [2.45, 2.75) is 6.18 Å². The summed E-state index contributed by atoms with van der Waals surface area (Å²) in [6.45, 7) is 2.06. The number of hydrogen-bond acceptors (Lipinski definition) is 6. The van der Waals surface area contributed by atoms with Crippen LogP contribution in [0.5, 0.6) is 0 Å². The second kappa shape index (κ2) is 12.2. The van der Waals surface area contributed by atoms with Crippen LogP contribution < -0.4 is 5.32 Å². The molecule has 2 aromatic carbocycles. The fraction of sp³-hybridized carbons (Fsp3) is 0.346. The number of amides is 1. The molecule has 4 rings (SSSR count). The Bertz CT molecular complexity index is 1400. The van der Waals surface area contributed by atoms with Crippen LogP contribution in [-0.2, 0) is 32.2 Å². The van der Waals surface area contributed by atoms with E-state index >= 15 is 0 Å². The lowest BCUT2D eigenvalue weighted by molar-refractivity contribution is -0.137. The number of alkyl halides is 3. The van der Waals surface area contributed by atoms with E-state index in [4.69, 9.17) is 14.2 Å². The third-order valence-electron chi connectivity index (χ3n) is 5.73. The Morgan fingerprint density at radius 1 is 0.974 bits per heavy atom. The fourth-order valence-corrected chi connectivity index (χ4v) is 4.00. The van der Waals surface area contributed by atoms with Crippen molar-refractivity contribution in [2.75, 3.05) is 46.2 Å². The Morgan fingerprint density at radius 3 is 2.34 bits per heavy atom. The Morgan fingerprint density at radius 2 is 1.66 bits per heavy atom. The van der Waals surface area contributed by atoms with Gasteiger partial charge in [-0.25, -0.2) is 0 Å². The predicted octanol–water partition coefficient (Wildman–Crippen LogP) is 3.51. The van der Waals surface area contributed by atoms with Gasteiger partial charge >= 0.3 is 6.18 Å². The van der Waals surface area contributed by atoms with E-state index in [9.17, 15) is 22.8 Å². The predicted molar refractivity (Wildman–Crippen MR) is 133 cm³/mol. The molecule has 0 radical (unpaired) electrons. The third-order valence-corrected chi connectivity index (χ3v) is 5.73. The summed E-state index contributed by atoms with van der Waals surface area (Å²) >= 11 is 0. The lowest BCUT2D eigenvalue weighted by atomic mass is 10.1. The molecule has 2 aromatic heterocycles. The highest BCUT2D eigenvalue weighted by Crippen LogP contribution is 2.34. The van der Waals surface area contributed by atoms with E-state index in [0.29, 0.717) is 62.8 Å². The number of aromatic nitrogens is 3. The molecule has 1 amide bonds. The van der Waals surface area contributed by atoms with Crippen molar-refractivity contribution in [1.82, 2.24) is 19.7 Å². The lowest BCUT2D eigenvalue weighted by Gasteiger charge is -2.10. The average molecular weight is 533 g/mol. The van der Waals surface area contributed by atoms with Gasteiger partial charge in [0.1, 0.15) is 12.9 Å². The summed E-state index contributed by atoms with van der Waals surface area (Å²) in [6.07, 6.45) is -1.94. The summed E-state index contributed by atoms with van der Waals surface area (Å²) < 4.78 is 58.2. The van der Waals surface area contributed by atoms with Crippen molar-refractivity contribution in [3.8, 4) is 5.69 Å². The summed E-state index contributed by atoms with van der Waals surface area (Å²) in [5.41, 5.74) is 1.53. The molecule has 0 saturated heterocycles. The normalized spacial score (nSPS) is 11.9. The minimum atomic E-state index is -4.42. The molecule has 0 unspecified atom stereocenters. The van der Waals surface area contributed by atoms with Gasteiger partial charge in [-0.3, -0.25) is 14.0 Å². The first-order valence-corrected chi connectivity index (χ1v) is 11.9. The maximum absolute atomic E-state index is 13.0. The van der Waals surface area contributed by atoms with E-state index in [1.54, 1.807) is 34.5 Å². The highest BCUT2D eigenvalue weighted by atomic mass is 19.4. The zero-order valence-electron chi connectivity index (χ0n) is 20.7. The number of benzene rings is 2. The molecular formula is C26H27F3N4O5. The average Bonchev–Trinajstić information content (AvgIpc) is 3.41. The molecule has 0 fully saturated rings. The highest BCUT2D eigenvalue weighted by Gasteiger charge is 2.30. The molecule has 0 aliphatic carbocycles. The summed E-state index contributed by atoms with van der Waals surface area (Å²) in [4.78, 5) is 22.9. The number of nitrogens with zero attached hydrogens (tertiary/aromatic N) is 3. The van der Waals surface area contributed by atoms with Crippen LogP contribution >= 0.6 is 0 Å². The van der Waals surface area contributed by atoms with E-state index < -0.39 is 11.7 Å². The number of rotatable bonds is 13. The molecule has 202 valence electrons. The quantitative estimate of drug-likeness (QED) is 0.209.